The molecule has 0 fully saturated rings. The van der Waals surface area contributed by atoms with Crippen LogP contribution in [0.2, 0.25) is 0 Å². The smallest absolute Gasteiger partial charge is 0.0793 e. The van der Waals surface area contributed by atoms with Gasteiger partial charge in [-0.3, -0.25) is 0 Å². The first kappa shape index (κ1) is 7.17. The summed E-state index contributed by atoms with van der Waals surface area (Å²) in [5.41, 5.74) is 17.2. The summed E-state index contributed by atoms with van der Waals surface area (Å²) in [5.74, 6) is 0. The van der Waals surface area contributed by atoms with Crippen molar-refractivity contribution in [3.63, 3.8) is 0 Å². The number of rotatable bonds is 0. The molecule has 0 saturated heterocycles. The lowest BCUT2D eigenvalue weighted by Crippen LogP contribution is -2.19. The fourth-order valence-corrected chi connectivity index (χ4v) is 1.43. The fraction of sp³-hybridized carbons (Fsp3) is 0. The monoisotopic (exact) mass is 159 g/mol. The van der Waals surface area contributed by atoms with Crippen LogP contribution in [-0.2, 0) is 0 Å². The van der Waals surface area contributed by atoms with E-state index in [0.29, 0.717) is 17.1 Å². The van der Waals surface area contributed by atoms with E-state index in [-0.39, 0.29) is 0 Å². The van der Waals surface area contributed by atoms with E-state index in [1.54, 1.807) is 0 Å². The van der Waals surface area contributed by atoms with E-state index in [4.69, 9.17) is 21.8 Å². The first-order chi connectivity index (χ1) is 4.61. The van der Waals surface area contributed by atoms with E-state index in [1.807, 2.05) is 0 Å². The Labute approximate surface area is 61.1 Å². The molecule has 1 aliphatic heterocycles. The Bertz CT molecular complexity index is 251. The summed E-state index contributed by atoms with van der Waals surface area (Å²) in [4.78, 5) is 0. The predicted molar refractivity (Wildman–Crippen MR) is 44.0 cm³/mol. The lowest BCUT2D eigenvalue weighted by Gasteiger charge is -2.09. The molecular formula is C5H9N3OS. The molecule has 0 spiro atoms. The molecular weight excluding hydrogens is 150 g/mol. The summed E-state index contributed by atoms with van der Waals surface area (Å²) in [6.07, 6.45) is 0. The highest BCUT2D eigenvalue weighted by atomic mass is 32.2. The van der Waals surface area contributed by atoms with Gasteiger partial charge in [0.25, 0.3) is 0 Å². The summed E-state index contributed by atoms with van der Waals surface area (Å²) in [7, 11) is -0.946. The zero-order valence-corrected chi connectivity index (χ0v) is 6.06. The highest BCUT2D eigenvalue weighted by molar-refractivity contribution is 8.13. The van der Waals surface area contributed by atoms with Gasteiger partial charge >= 0.3 is 0 Å². The van der Waals surface area contributed by atoms with Crippen LogP contribution in [0.1, 0.15) is 0 Å². The normalized spacial score (nSPS) is 25.7. The number of hydrogen-bond donors (Lipinski definition) is 4. The minimum absolute atomic E-state index is 0.345. The largest absolute Gasteiger partial charge is 0.397 e. The summed E-state index contributed by atoms with van der Waals surface area (Å²) < 4.78 is 9.01. The van der Waals surface area contributed by atoms with Gasteiger partial charge in [-0.2, -0.15) is 0 Å². The van der Waals surface area contributed by atoms with Crippen molar-refractivity contribution >= 4 is 16.1 Å². The maximum Gasteiger partial charge on any atom is 0.0793 e. The summed E-state index contributed by atoms with van der Waals surface area (Å²) >= 11 is 0. The maximum atomic E-state index is 9.01. The summed E-state index contributed by atoms with van der Waals surface area (Å²) in [6, 6.07) is 0. The van der Waals surface area contributed by atoms with Crippen LogP contribution >= 0.6 is 10.8 Å². The van der Waals surface area contributed by atoms with Crippen molar-refractivity contribution in [1.82, 2.24) is 0 Å². The van der Waals surface area contributed by atoms with Crippen molar-refractivity contribution in [1.29, 1.82) is 0 Å². The molecule has 1 unspecified atom stereocenters. The topological polar surface area (TPSA) is 98.3 Å². The molecule has 0 saturated carbocycles. The van der Waals surface area contributed by atoms with Crippen molar-refractivity contribution in [3.05, 3.63) is 22.5 Å². The Kier molecular flexibility index (Phi) is 1.69. The molecule has 0 aromatic rings. The van der Waals surface area contributed by atoms with Crippen LogP contribution in [0, 0.1) is 0 Å². The number of hydrogen-bond acceptors (Lipinski definition) is 4. The maximum absolute atomic E-state index is 9.01. The van der Waals surface area contributed by atoms with Crippen LogP contribution in [0.15, 0.2) is 22.5 Å². The molecule has 4 nitrogen and oxygen atoms in total. The Balaban J connectivity index is 3.13. The Hall–Kier alpha value is -0.940. The molecule has 10 heavy (non-hydrogen) atoms. The Morgan fingerprint density at radius 3 is 2.40 bits per heavy atom. The molecule has 1 atom stereocenters. The quantitative estimate of drug-likeness (QED) is 0.357. The van der Waals surface area contributed by atoms with Gasteiger partial charge in [0.05, 0.1) is 17.1 Å². The molecule has 0 aromatic carbocycles. The molecule has 5 heteroatoms. The van der Waals surface area contributed by atoms with Crippen molar-refractivity contribution in [2.75, 3.05) is 0 Å². The number of allylic oxidation sites excluding steroid dienone is 1. The molecule has 0 aliphatic carbocycles. The fourth-order valence-electron chi connectivity index (χ4n) is 0.588. The van der Waals surface area contributed by atoms with E-state index in [0.717, 1.165) is 0 Å². The molecule has 56 valence electrons. The Morgan fingerprint density at radius 2 is 1.90 bits per heavy atom. The van der Waals surface area contributed by atoms with Crippen molar-refractivity contribution in [3.8, 4) is 0 Å². The molecule has 0 aromatic heterocycles. The standard InChI is InChI=1S/C5H9N3OS/c6-3-1-10(9)2-4(7)5(3)8/h1-2,9H,6-8H2. The third-order valence-corrected chi connectivity index (χ3v) is 2.11. The lowest BCUT2D eigenvalue weighted by molar-refractivity contribution is 0.668. The van der Waals surface area contributed by atoms with E-state index >= 15 is 0 Å². The van der Waals surface area contributed by atoms with E-state index in [1.165, 1.54) is 10.8 Å². The van der Waals surface area contributed by atoms with Gasteiger partial charge in [0.2, 0.25) is 0 Å². The van der Waals surface area contributed by atoms with Crippen molar-refractivity contribution in [2.24, 2.45) is 17.2 Å². The average molecular weight is 159 g/mol. The van der Waals surface area contributed by atoms with Gasteiger partial charge in [-0.25, -0.2) is 0 Å². The van der Waals surface area contributed by atoms with Crippen molar-refractivity contribution in [2.45, 2.75) is 0 Å². The Morgan fingerprint density at radius 1 is 1.30 bits per heavy atom. The van der Waals surface area contributed by atoms with Crippen LogP contribution in [-0.4, -0.2) is 9.92 Å². The van der Waals surface area contributed by atoms with Gasteiger partial charge in [0.15, 0.2) is 0 Å². The molecule has 1 rings (SSSR count). The van der Waals surface area contributed by atoms with Gasteiger partial charge in [-0.15, -0.1) is 0 Å². The predicted octanol–water partition coefficient (Wildman–Crippen LogP) is -0.527. The van der Waals surface area contributed by atoms with E-state index < -0.39 is 10.8 Å². The minimum atomic E-state index is -0.946. The molecule has 1 aliphatic rings. The average Bonchev–Trinajstić information content (AvgIpc) is 1.82. The van der Waals surface area contributed by atoms with Gasteiger partial charge in [0.1, 0.15) is 0 Å². The minimum Gasteiger partial charge on any atom is -0.397 e. The third-order valence-electron chi connectivity index (χ3n) is 1.12. The van der Waals surface area contributed by atoms with Gasteiger partial charge in [-0.1, -0.05) is 0 Å². The lowest BCUT2D eigenvalue weighted by atomic mass is 10.3. The second-order valence-corrected chi connectivity index (χ2v) is 3.07. The first-order valence-corrected chi connectivity index (χ1v) is 3.91. The van der Waals surface area contributed by atoms with E-state index in [2.05, 4.69) is 0 Å². The van der Waals surface area contributed by atoms with Crippen LogP contribution in [0.5, 0.6) is 0 Å². The first-order valence-electron chi connectivity index (χ1n) is 2.60. The van der Waals surface area contributed by atoms with Gasteiger partial charge in [-0.05, 0) is 10.8 Å². The van der Waals surface area contributed by atoms with E-state index in [9.17, 15) is 0 Å². The molecule has 0 amide bonds. The number of nitrogens with two attached hydrogens (primary N) is 3. The molecule has 0 radical (unpaired) electrons. The van der Waals surface area contributed by atoms with Gasteiger partial charge < -0.3 is 21.8 Å². The van der Waals surface area contributed by atoms with Crippen LogP contribution < -0.4 is 17.2 Å². The zero-order chi connectivity index (χ0) is 7.72. The van der Waals surface area contributed by atoms with Crippen LogP contribution in [0.4, 0.5) is 0 Å². The third kappa shape index (κ3) is 1.14. The SMILES string of the molecule is NC1=CS(O)=CC(N)=C1N. The van der Waals surface area contributed by atoms with Crippen LogP contribution in [0.25, 0.3) is 0 Å². The second-order valence-electron chi connectivity index (χ2n) is 1.91. The summed E-state index contributed by atoms with van der Waals surface area (Å²) in [5, 5.41) is 2.93. The summed E-state index contributed by atoms with van der Waals surface area (Å²) in [6.45, 7) is 0. The van der Waals surface area contributed by atoms with Crippen LogP contribution in [0.3, 0.4) is 0 Å². The molecule has 0 bridgehead atoms. The zero-order valence-electron chi connectivity index (χ0n) is 5.24. The molecule has 1 heterocycles. The highest BCUT2D eigenvalue weighted by Gasteiger charge is 2.05. The molecule has 7 N–H and O–H groups in total. The highest BCUT2D eigenvalue weighted by Crippen LogP contribution is 2.17. The second kappa shape index (κ2) is 2.36. The van der Waals surface area contributed by atoms with Gasteiger partial charge in [0, 0.05) is 10.8 Å². The van der Waals surface area contributed by atoms with Crippen molar-refractivity contribution < 1.29 is 4.55 Å².